The first-order valence-corrected chi connectivity index (χ1v) is 7.79. The van der Waals surface area contributed by atoms with Gasteiger partial charge in [0.2, 0.25) is 5.91 Å². The van der Waals surface area contributed by atoms with Gasteiger partial charge in [0.05, 0.1) is 5.41 Å². The number of hydrazine groups is 1. The van der Waals surface area contributed by atoms with E-state index in [1.807, 2.05) is 0 Å². The quantitative estimate of drug-likeness (QED) is 0.861. The number of carbonyl (C=O) groups is 1. The molecule has 1 atom stereocenters. The summed E-state index contributed by atoms with van der Waals surface area (Å²) in [6.45, 7) is 3.22. The maximum absolute atomic E-state index is 13.7. The lowest BCUT2D eigenvalue weighted by atomic mass is 9.93. The van der Waals surface area contributed by atoms with Gasteiger partial charge in [-0.25, -0.2) is 5.01 Å². The van der Waals surface area contributed by atoms with E-state index in [2.05, 4.69) is 5.43 Å². The zero-order chi connectivity index (χ0) is 17.7. The van der Waals surface area contributed by atoms with Crippen LogP contribution in [0.15, 0.2) is 36.4 Å². The number of nitrogens with zero attached hydrogens (tertiary/aromatic N) is 1. The molecule has 2 aromatic carbocycles. The zero-order valence-corrected chi connectivity index (χ0v) is 13.9. The minimum Gasteiger partial charge on any atom is -0.287 e. The molecule has 0 spiro atoms. The van der Waals surface area contributed by atoms with E-state index in [1.165, 1.54) is 12.1 Å². The number of alkyl halides is 3. The van der Waals surface area contributed by atoms with Gasteiger partial charge in [-0.3, -0.25) is 10.2 Å². The Morgan fingerprint density at radius 3 is 2.42 bits per heavy atom. The fourth-order valence-corrected chi connectivity index (χ4v) is 3.11. The van der Waals surface area contributed by atoms with Gasteiger partial charge >= 0.3 is 6.18 Å². The third-order valence-electron chi connectivity index (χ3n) is 4.19. The predicted octanol–water partition coefficient (Wildman–Crippen LogP) is 4.47. The number of benzene rings is 2. The second-order valence-corrected chi connectivity index (χ2v) is 7.08. The highest BCUT2D eigenvalue weighted by atomic mass is 35.5. The van der Waals surface area contributed by atoms with E-state index in [9.17, 15) is 18.0 Å². The summed E-state index contributed by atoms with van der Waals surface area (Å²) in [6.07, 6.45) is -4.53. The van der Waals surface area contributed by atoms with Crippen LogP contribution in [0, 0.1) is 5.41 Å². The summed E-state index contributed by atoms with van der Waals surface area (Å²) in [6, 6.07) is 7.69. The van der Waals surface area contributed by atoms with Gasteiger partial charge in [-0.1, -0.05) is 29.8 Å². The van der Waals surface area contributed by atoms with E-state index in [1.54, 1.807) is 38.1 Å². The molecule has 3 rings (SSSR count). The van der Waals surface area contributed by atoms with Gasteiger partial charge < -0.3 is 0 Å². The maximum Gasteiger partial charge on any atom is 0.409 e. The summed E-state index contributed by atoms with van der Waals surface area (Å²) in [5.41, 5.74) is 1.55. The average molecular weight is 357 g/mol. The molecule has 1 N–H and O–H groups in total. The molecule has 0 radical (unpaired) electrons. The fraction of sp³-hybridized carbons (Fsp3) is 0.353. The summed E-state index contributed by atoms with van der Waals surface area (Å²) in [5.74, 6) is -0.416. The molecule has 24 heavy (non-hydrogen) atoms. The van der Waals surface area contributed by atoms with Crippen LogP contribution in [-0.2, 0) is 4.79 Å². The van der Waals surface area contributed by atoms with Crippen molar-refractivity contribution < 1.29 is 18.0 Å². The number of rotatable bonds is 2. The fourth-order valence-electron chi connectivity index (χ4n) is 2.93. The highest BCUT2D eigenvalue weighted by molar-refractivity contribution is 6.31. The lowest BCUT2D eigenvalue weighted by molar-refractivity contribution is -0.191. The molecule has 2 aromatic rings. The summed E-state index contributed by atoms with van der Waals surface area (Å²) >= 11 is 5.93. The number of amides is 1. The number of fused-ring (bicyclic) bond motifs is 1. The van der Waals surface area contributed by atoms with E-state index in [4.69, 9.17) is 11.6 Å². The SMILES string of the molecule is CC1(C)CN([C@@H](c2ccc3ccc(Cl)cc3c2)C(F)(F)F)NC1=O. The summed E-state index contributed by atoms with van der Waals surface area (Å²) < 4.78 is 41.1. The maximum atomic E-state index is 13.7. The molecular formula is C17H16ClF3N2O. The Labute approximate surface area is 142 Å². The van der Waals surface area contributed by atoms with E-state index < -0.39 is 23.5 Å². The second kappa shape index (κ2) is 5.63. The molecule has 1 aliphatic heterocycles. The highest BCUT2D eigenvalue weighted by Gasteiger charge is 2.51. The molecule has 1 saturated heterocycles. The lowest BCUT2D eigenvalue weighted by Gasteiger charge is -2.30. The molecule has 1 heterocycles. The third kappa shape index (κ3) is 3.08. The lowest BCUT2D eigenvalue weighted by Crippen LogP contribution is -2.43. The third-order valence-corrected chi connectivity index (χ3v) is 4.42. The van der Waals surface area contributed by atoms with Gasteiger partial charge in [0, 0.05) is 11.6 Å². The number of nitrogens with one attached hydrogen (secondary N) is 1. The van der Waals surface area contributed by atoms with Crippen molar-refractivity contribution in [2.45, 2.75) is 26.1 Å². The molecule has 1 amide bonds. The molecule has 0 bridgehead atoms. The van der Waals surface area contributed by atoms with Crippen LogP contribution in [0.25, 0.3) is 10.8 Å². The molecule has 1 fully saturated rings. The van der Waals surface area contributed by atoms with Gasteiger partial charge in [-0.2, -0.15) is 13.2 Å². The molecule has 7 heteroatoms. The van der Waals surface area contributed by atoms with Crippen molar-refractivity contribution in [1.29, 1.82) is 0 Å². The largest absolute Gasteiger partial charge is 0.409 e. The molecule has 0 aliphatic carbocycles. The van der Waals surface area contributed by atoms with Crippen molar-refractivity contribution in [3.8, 4) is 0 Å². The normalized spacial score (nSPS) is 19.5. The zero-order valence-electron chi connectivity index (χ0n) is 13.1. The topological polar surface area (TPSA) is 32.3 Å². The molecule has 0 unspecified atom stereocenters. The smallest absolute Gasteiger partial charge is 0.287 e. The van der Waals surface area contributed by atoms with Crippen LogP contribution in [-0.4, -0.2) is 23.6 Å². The van der Waals surface area contributed by atoms with Gasteiger partial charge in [0.1, 0.15) is 6.04 Å². The number of hydrogen-bond acceptors (Lipinski definition) is 2. The Balaban J connectivity index is 2.06. The molecule has 0 aromatic heterocycles. The van der Waals surface area contributed by atoms with E-state index in [0.717, 1.165) is 10.4 Å². The Morgan fingerprint density at radius 1 is 1.17 bits per heavy atom. The Kier molecular flexibility index (Phi) is 4.00. The van der Waals surface area contributed by atoms with Crippen LogP contribution in [0.1, 0.15) is 25.5 Å². The highest BCUT2D eigenvalue weighted by Crippen LogP contribution is 2.41. The molecule has 0 saturated carbocycles. The summed E-state index contributed by atoms with van der Waals surface area (Å²) in [5, 5.41) is 2.85. The minimum absolute atomic E-state index is 0.0242. The van der Waals surface area contributed by atoms with Crippen molar-refractivity contribution in [3.63, 3.8) is 0 Å². The average Bonchev–Trinajstić information content (AvgIpc) is 2.70. The number of carbonyl (C=O) groups excluding carboxylic acids is 1. The standard InChI is InChI=1S/C17H16ClF3N2O/c1-16(2)9-23(22-15(16)24)14(17(19,20)21)11-4-3-10-5-6-13(18)8-12(10)7-11/h3-8,14H,9H2,1-2H3,(H,22,24)/t14-/m0/s1. The second-order valence-electron chi connectivity index (χ2n) is 6.65. The van der Waals surface area contributed by atoms with E-state index >= 15 is 0 Å². The van der Waals surface area contributed by atoms with Crippen LogP contribution >= 0.6 is 11.6 Å². The molecule has 3 nitrogen and oxygen atoms in total. The number of hydrogen-bond donors (Lipinski definition) is 1. The first-order chi connectivity index (χ1) is 11.1. The van der Waals surface area contributed by atoms with Crippen LogP contribution in [0.5, 0.6) is 0 Å². The van der Waals surface area contributed by atoms with Crippen LogP contribution in [0.4, 0.5) is 13.2 Å². The van der Waals surface area contributed by atoms with Crippen molar-refractivity contribution in [2.24, 2.45) is 5.41 Å². The van der Waals surface area contributed by atoms with Crippen molar-refractivity contribution in [1.82, 2.24) is 10.4 Å². The summed E-state index contributed by atoms with van der Waals surface area (Å²) in [4.78, 5) is 11.9. The van der Waals surface area contributed by atoms with Crippen molar-refractivity contribution in [3.05, 3.63) is 47.0 Å². The molecule has 128 valence electrons. The van der Waals surface area contributed by atoms with E-state index in [0.29, 0.717) is 10.4 Å². The van der Waals surface area contributed by atoms with Crippen LogP contribution in [0.2, 0.25) is 5.02 Å². The molecule has 1 aliphatic rings. The first kappa shape index (κ1) is 17.0. The van der Waals surface area contributed by atoms with Gasteiger partial charge in [-0.05, 0) is 48.4 Å². The van der Waals surface area contributed by atoms with Crippen LogP contribution in [0.3, 0.4) is 0 Å². The Morgan fingerprint density at radius 2 is 1.83 bits per heavy atom. The Bertz CT molecular complexity index is 804. The van der Waals surface area contributed by atoms with E-state index in [-0.39, 0.29) is 12.1 Å². The first-order valence-electron chi connectivity index (χ1n) is 7.42. The molecular weight excluding hydrogens is 341 g/mol. The van der Waals surface area contributed by atoms with Gasteiger partial charge in [0.15, 0.2) is 0 Å². The van der Waals surface area contributed by atoms with Crippen LogP contribution < -0.4 is 5.43 Å². The summed E-state index contributed by atoms with van der Waals surface area (Å²) in [7, 11) is 0. The van der Waals surface area contributed by atoms with Crippen molar-refractivity contribution >= 4 is 28.3 Å². The van der Waals surface area contributed by atoms with Gasteiger partial charge in [-0.15, -0.1) is 0 Å². The Hall–Kier alpha value is -1.79. The van der Waals surface area contributed by atoms with Gasteiger partial charge in [0.25, 0.3) is 0 Å². The minimum atomic E-state index is -4.53. The monoisotopic (exact) mass is 356 g/mol. The van der Waals surface area contributed by atoms with Crippen molar-refractivity contribution in [2.75, 3.05) is 6.54 Å². The number of halogens is 4. The predicted molar refractivity (Wildman–Crippen MR) is 86.4 cm³/mol.